The summed E-state index contributed by atoms with van der Waals surface area (Å²) in [6.45, 7) is 4.06. The fourth-order valence-electron chi connectivity index (χ4n) is 1.59. The first kappa shape index (κ1) is 13.1. The van der Waals surface area contributed by atoms with Gasteiger partial charge in [0.1, 0.15) is 6.61 Å². The minimum atomic E-state index is -0.463. The predicted molar refractivity (Wildman–Crippen MR) is 74.0 cm³/mol. The van der Waals surface area contributed by atoms with Crippen molar-refractivity contribution in [3.63, 3.8) is 0 Å². The van der Waals surface area contributed by atoms with Crippen molar-refractivity contribution in [3.05, 3.63) is 59.4 Å². The summed E-state index contributed by atoms with van der Waals surface area (Å²) in [5, 5.41) is 2.71. The van der Waals surface area contributed by atoms with Crippen LogP contribution in [0.25, 0.3) is 0 Å². The van der Waals surface area contributed by atoms with Gasteiger partial charge < -0.3 is 4.74 Å². The maximum absolute atomic E-state index is 11.7. The Bertz CT molecular complexity index is 565. The molecule has 98 valence electrons. The van der Waals surface area contributed by atoms with Gasteiger partial charge in [0.2, 0.25) is 0 Å². The third kappa shape index (κ3) is 3.81. The van der Waals surface area contributed by atoms with E-state index in [1.165, 1.54) is 0 Å². The molecule has 0 saturated heterocycles. The van der Waals surface area contributed by atoms with Crippen molar-refractivity contribution in [1.82, 2.24) is 4.98 Å². The number of benzene rings is 1. The highest BCUT2D eigenvalue weighted by Crippen LogP contribution is 2.13. The second-order valence-electron chi connectivity index (χ2n) is 4.32. The summed E-state index contributed by atoms with van der Waals surface area (Å²) < 4.78 is 5.14. The molecule has 0 aliphatic carbocycles. The van der Waals surface area contributed by atoms with Gasteiger partial charge in [-0.1, -0.05) is 24.3 Å². The third-order valence-electron chi connectivity index (χ3n) is 2.72. The standard InChI is InChI=1S/C15H16N2O2/c1-11-5-3-4-6-14(11)17-15(18)19-10-13-8-7-12(2)16-9-13/h3-9H,10H2,1-2H3,(H,17,18). The van der Waals surface area contributed by atoms with Crippen molar-refractivity contribution in [2.75, 3.05) is 5.32 Å². The molecule has 4 heteroatoms. The number of hydrogen-bond donors (Lipinski definition) is 1. The van der Waals surface area contributed by atoms with Gasteiger partial charge in [-0.15, -0.1) is 0 Å². The molecule has 0 atom stereocenters. The van der Waals surface area contributed by atoms with Gasteiger partial charge in [-0.2, -0.15) is 0 Å². The molecule has 2 rings (SSSR count). The van der Waals surface area contributed by atoms with Crippen LogP contribution in [0.3, 0.4) is 0 Å². The van der Waals surface area contributed by atoms with Gasteiger partial charge >= 0.3 is 6.09 Å². The average molecular weight is 256 g/mol. The maximum Gasteiger partial charge on any atom is 0.411 e. The minimum Gasteiger partial charge on any atom is -0.444 e. The van der Waals surface area contributed by atoms with Crippen molar-refractivity contribution in [1.29, 1.82) is 0 Å². The second-order valence-corrected chi connectivity index (χ2v) is 4.32. The highest BCUT2D eigenvalue weighted by atomic mass is 16.5. The van der Waals surface area contributed by atoms with E-state index in [0.717, 1.165) is 22.5 Å². The molecular formula is C15H16N2O2. The van der Waals surface area contributed by atoms with E-state index in [2.05, 4.69) is 10.3 Å². The molecule has 0 aliphatic rings. The molecule has 1 aromatic heterocycles. The van der Waals surface area contributed by atoms with E-state index in [9.17, 15) is 4.79 Å². The van der Waals surface area contributed by atoms with Crippen molar-refractivity contribution >= 4 is 11.8 Å². The number of pyridine rings is 1. The zero-order chi connectivity index (χ0) is 13.7. The lowest BCUT2D eigenvalue weighted by Crippen LogP contribution is -2.14. The number of aryl methyl sites for hydroxylation is 2. The van der Waals surface area contributed by atoms with E-state index in [0.29, 0.717) is 0 Å². The van der Waals surface area contributed by atoms with Crippen LogP contribution in [0.4, 0.5) is 10.5 Å². The smallest absolute Gasteiger partial charge is 0.411 e. The molecule has 0 fully saturated rings. The van der Waals surface area contributed by atoms with Crippen LogP contribution in [0.15, 0.2) is 42.6 Å². The summed E-state index contributed by atoms with van der Waals surface area (Å²) in [6.07, 6.45) is 1.24. The van der Waals surface area contributed by atoms with Gasteiger partial charge in [0, 0.05) is 23.1 Å². The van der Waals surface area contributed by atoms with Crippen LogP contribution in [-0.4, -0.2) is 11.1 Å². The molecule has 0 aliphatic heterocycles. The molecule has 4 nitrogen and oxygen atoms in total. The average Bonchev–Trinajstić information content (AvgIpc) is 2.41. The lowest BCUT2D eigenvalue weighted by Gasteiger charge is -2.09. The van der Waals surface area contributed by atoms with E-state index >= 15 is 0 Å². The lowest BCUT2D eigenvalue weighted by molar-refractivity contribution is 0.155. The van der Waals surface area contributed by atoms with E-state index < -0.39 is 6.09 Å². The summed E-state index contributed by atoms with van der Waals surface area (Å²) in [4.78, 5) is 15.8. The van der Waals surface area contributed by atoms with E-state index in [-0.39, 0.29) is 6.61 Å². The second kappa shape index (κ2) is 6.00. The number of nitrogens with zero attached hydrogens (tertiary/aromatic N) is 1. The number of ether oxygens (including phenoxy) is 1. The van der Waals surface area contributed by atoms with Crippen LogP contribution in [0, 0.1) is 13.8 Å². The number of rotatable bonds is 3. The normalized spacial score (nSPS) is 10.0. The number of nitrogens with one attached hydrogen (secondary N) is 1. The molecule has 0 radical (unpaired) electrons. The first-order chi connectivity index (χ1) is 9.15. The van der Waals surface area contributed by atoms with E-state index in [1.807, 2.05) is 50.2 Å². The number of aromatic nitrogens is 1. The van der Waals surface area contributed by atoms with Crippen molar-refractivity contribution in [3.8, 4) is 0 Å². The molecule has 1 N–H and O–H groups in total. The fraction of sp³-hybridized carbons (Fsp3) is 0.200. The SMILES string of the molecule is Cc1ccc(COC(=O)Nc2ccccc2C)cn1. The first-order valence-corrected chi connectivity index (χ1v) is 6.06. The molecule has 1 heterocycles. The van der Waals surface area contributed by atoms with Gasteiger partial charge in [-0.3, -0.25) is 10.3 Å². The minimum absolute atomic E-state index is 0.213. The number of para-hydroxylation sites is 1. The Morgan fingerprint density at radius 3 is 2.68 bits per heavy atom. The summed E-state index contributed by atoms with van der Waals surface area (Å²) in [5.41, 5.74) is 3.56. The number of amides is 1. The number of anilines is 1. The summed E-state index contributed by atoms with van der Waals surface area (Å²) in [7, 11) is 0. The Labute approximate surface area is 112 Å². The largest absolute Gasteiger partial charge is 0.444 e. The first-order valence-electron chi connectivity index (χ1n) is 6.06. The zero-order valence-electron chi connectivity index (χ0n) is 11.0. The van der Waals surface area contributed by atoms with Crippen LogP contribution < -0.4 is 5.32 Å². The lowest BCUT2D eigenvalue weighted by atomic mass is 10.2. The van der Waals surface area contributed by atoms with Crippen molar-refractivity contribution < 1.29 is 9.53 Å². The van der Waals surface area contributed by atoms with Crippen LogP contribution in [-0.2, 0) is 11.3 Å². The monoisotopic (exact) mass is 256 g/mol. The Morgan fingerprint density at radius 2 is 2.00 bits per heavy atom. The van der Waals surface area contributed by atoms with Crippen LogP contribution in [0.5, 0.6) is 0 Å². The van der Waals surface area contributed by atoms with Gasteiger partial charge in [0.25, 0.3) is 0 Å². The molecule has 0 saturated carbocycles. The molecule has 1 aromatic carbocycles. The van der Waals surface area contributed by atoms with E-state index in [1.54, 1.807) is 6.20 Å². The molecular weight excluding hydrogens is 240 g/mol. The third-order valence-corrected chi connectivity index (χ3v) is 2.72. The van der Waals surface area contributed by atoms with Gasteiger partial charge in [-0.05, 0) is 31.5 Å². The summed E-state index contributed by atoms with van der Waals surface area (Å²) in [6, 6.07) is 11.3. The highest BCUT2D eigenvalue weighted by Gasteiger charge is 2.05. The Hall–Kier alpha value is -2.36. The Balaban J connectivity index is 1.88. The molecule has 2 aromatic rings. The maximum atomic E-state index is 11.7. The van der Waals surface area contributed by atoms with Crippen LogP contribution >= 0.6 is 0 Å². The van der Waals surface area contributed by atoms with Crippen molar-refractivity contribution in [2.45, 2.75) is 20.5 Å². The number of carbonyl (C=O) groups is 1. The summed E-state index contributed by atoms with van der Waals surface area (Å²) >= 11 is 0. The van der Waals surface area contributed by atoms with E-state index in [4.69, 9.17) is 4.74 Å². The van der Waals surface area contributed by atoms with Crippen LogP contribution in [0.1, 0.15) is 16.8 Å². The Morgan fingerprint density at radius 1 is 1.21 bits per heavy atom. The molecule has 0 unspecified atom stereocenters. The van der Waals surface area contributed by atoms with Gasteiger partial charge in [-0.25, -0.2) is 4.79 Å². The fourth-order valence-corrected chi connectivity index (χ4v) is 1.59. The van der Waals surface area contributed by atoms with Crippen molar-refractivity contribution in [2.24, 2.45) is 0 Å². The topological polar surface area (TPSA) is 51.2 Å². The number of carbonyl (C=O) groups excluding carboxylic acids is 1. The zero-order valence-corrected chi connectivity index (χ0v) is 11.0. The molecule has 0 bridgehead atoms. The van der Waals surface area contributed by atoms with Gasteiger partial charge in [0.05, 0.1) is 0 Å². The molecule has 0 spiro atoms. The summed E-state index contributed by atoms with van der Waals surface area (Å²) in [5.74, 6) is 0. The van der Waals surface area contributed by atoms with Gasteiger partial charge in [0.15, 0.2) is 0 Å². The van der Waals surface area contributed by atoms with Crippen LogP contribution in [0.2, 0.25) is 0 Å². The molecule has 1 amide bonds. The number of hydrogen-bond acceptors (Lipinski definition) is 3. The highest BCUT2D eigenvalue weighted by molar-refractivity contribution is 5.85. The predicted octanol–water partition coefficient (Wildman–Crippen LogP) is 3.45. The Kier molecular flexibility index (Phi) is 4.13. The quantitative estimate of drug-likeness (QED) is 0.915. The molecule has 19 heavy (non-hydrogen) atoms.